The Labute approximate surface area is 270 Å². The van der Waals surface area contributed by atoms with E-state index in [0.29, 0.717) is 5.39 Å². The van der Waals surface area contributed by atoms with Crippen LogP contribution in [-0.2, 0) is 29.1 Å². The number of aliphatic hydroxyl groups excluding tert-OH is 1. The zero-order valence-electron chi connectivity index (χ0n) is 26.8. The number of methoxy groups -OCH3 is 1. The number of imidazole rings is 1. The van der Waals surface area contributed by atoms with Crippen molar-refractivity contribution in [3.63, 3.8) is 0 Å². The number of nitrogens with one attached hydrogen (secondary N) is 1. The number of rotatable bonds is 16. The maximum absolute atomic E-state index is 16.5. The number of anilines is 1. The van der Waals surface area contributed by atoms with Gasteiger partial charge in [-0.1, -0.05) is 50.2 Å². The lowest BCUT2D eigenvalue weighted by Crippen LogP contribution is -2.55. The highest BCUT2D eigenvalue weighted by Gasteiger charge is 2.54. The highest BCUT2D eigenvalue weighted by Crippen LogP contribution is 2.48. The molecule has 2 aromatic heterocycles. The predicted octanol–water partition coefficient (Wildman–Crippen LogP) is 4.66. The summed E-state index contributed by atoms with van der Waals surface area (Å²) in [6, 6.07) is 10.7. The first-order valence-corrected chi connectivity index (χ1v) is 16.3. The van der Waals surface area contributed by atoms with Gasteiger partial charge in [-0.2, -0.15) is 15.1 Å². The lowest BCUT2D eigenvalue weighted by molar-refractivity contribution is -0.253. The summed E-state index contributed by atoms with van der Waals surface area (Å²) in [7, 11) is -3.84. The van der Waals surface area contributed by atoms with E-state index in [1.54, 1.807) is 43.3 Å². The fourth-order valence-electron chi connectivity index (χ4n) is 4.55. The Kier molecular flexibility index (Phi) is 11.0. The van der Waals surface area contributed by atoms with Crippen LogP contribution in [-0.4, -0.2) is 75.5 Å². The molecule has 0 saturated heterocycles. The van der Waals surface area contributed by atoms with Gasteiger partial charge < -0.3 is 29.6 Å². The molecule has 0 fully saturated rings. The highest BCUT2D eigenvalue weighted by molar-refractivity contribution is 7.52. The molecular weight excluding hydrogens is 641 g/mol. The van der Waals surface area contributed by atoms with E-state index in [2.05, 4.69) is 20.0 Å². The summed E-state index contributed by atoms with van der Waals surface area (Å²) < 4.78 is 74.8. The predicted molar refractivity (Wildman–Crippen MR) is 169 cm³/mol. The maximum atomic E-state index is 16.5. The van der Waals surface area contributed by atoms with Crippen LogP contribution >= 0.6 is 7.75 Å². The standard InChI is InChI=1S/C30H39F2N6O8P/c1-7-43-25-23-24(35-28(33)36-25)38(17-34-23)29(5,31)27(40)30(32,42-6)16-45-47(41,37-19(4)26(39)44-15-18(2)3)46-22-14-10-12-20-11-8-9-13-21(20)22/h8-14,17-19,27,40H,7,15-16H2,1-6H3,(H,37,41)(H2,33,35,36)/t19?,27-,29?,30+,47?/m0/s1. The molecule has 4 aromatic rings. The summed E-state index contributed by atoms with van der Waals surface area (Å²) in [6.07, 6.45) is -1.69. The van der Waals surface area contributed by atoms with Crippen LogP contribution in [0.4, 0.5) is 14.7 Å². The number of halogens is 2. The molecule has 2 aromatic carbocycles. The molecule has 0 radical (unpaired) electrons. The van der Waals surface area contributed by atoms with Crippen LogP contribution in [0.5, 0.6) is 11.6 Å². The minimum atomic E-state index is -4.70. The van der Waals surface area contributed by atoms with Crippen LogP contribution in [0.2, 0.25) is 0 Å². The number of carbonyl (C=O) groups is 1. The van der Waals surface area contributed by atoms with Crippen molar-refractivity contribution >= 4 is 41.6 Å². The molecule has 0 saturated carbocycles. The Balaban J connectivity index is 1.65. The molecule has 0 amide bonds. The molecule has 0 aliphatic heterocycles. The van der Waals surface area contributed by atoms with Gasteiger partial charge in [0.25, 0.3) is 5.85 Å². The molecule has 3 unspecified atom stereocenters. The number of carbonyl (C=O) groups excluding carboxylic acids is 1. The van der Waals surface area contributed by atoms with E-state index in [1.807, 2.05) is 13.8 Å². The SMILES string of the molecule is CCOc1nc(N)nc2c1ncn2C(C)(F)[C@H](O)[C@@](F)(COP(=O)(NC(C)C(=O)OCC(C)C)Oc1cccc2ccccc12)OC. The second-order valence-corrected chi connectivity index (χ2v) is 12.9. The fourth-order valence-corrected chi connectivity index (χ4v) is 6.08. The van der Waals surface area contributed by atoms with E-state index in [9.17, 15) is 14.5 Å². The quantitative estimate of drug-likeness (QED) is 0.110. The second kappa shape index (κ2) is 14.4. The molecule has 5 atom stereocenters. The smallest absolute Gasteiger partial charge is 0.459 e. The largest absolute Gasteiger partial charge is 0.476 e. The first-order valence-electron chi connectivity index (χ1n) is 14.7. The van der Waals surface area contributed by atoms with Gasteiger partial charge in [0.15, 0.2) is 17.3 Å². The highest BCUT2D eigenvalue weighted by atomic mass is 31.2. The summed E-state index contributed by atoms with van der Waals surface area (Å²) >= 11 is 0. The van der Waals surface area contributed by atoms with Crippen LogP contribution in [0, 0.1) is 5.92 Å². The molecule has 0 aliphatic rings. The first-order chi connectivity index (χ1) is 22.1. The van der Waals surface area contributed by atoms with Gasteiger partial charge in [-0.25, -0.2) is 18.3 Å². The minimum absolute atomic E-state index is 0.00535. The molecule has 47 heavy (non-hydrogen) atoms. The molecule has 0 spiro atoms. The van der Waals surface area contributed by atoms with Gasteiger partial charge in [-0.05, 0) is 38.1 Å². The molecule has 4 rings (SSSR count). The lowest BCUT2D eigenvalue weighted by atomic mass is 10.0. The molecule has 14 nitrogen and oxygen atoms in total. The Morgan fingerprint density at radius 2 is 1.85 bits per heavy atom. The number of nitrogen functional groups attached to an aromatic ring is 1. The number of benzene rings is 2. The number of nitrogens with two attached hydrogens (primary N) is 1. The number of aromatic nitrogens is 4. The maximum Gasteiger partial charge on any atom is 0.459 e. The van der Waals surface area contributed by atoms with E-state index < -0.39 is 44.1 Å². The van der Waals surface area contributed by atoms with Crippen molar-refractivity contribution in [1.29, 1.82) is 0 Å². The van der Waals surface area contributed by atoms with Crippen LogP contribution < -0.4 is 20.1 Å². The Morgan fingerprint density at radius 3 is 2.53 bits per heavy atom. The number of hydrogen-bond donors (Lipinski definition) is 3. The molecule has 0 bridgehead atoms. The average Bonchev–Trinajstić information content (AvgIpc) is 3.47. The van der Waals surface area contributed by atoms with Crippen molar-refractivity contribution < 1.29 is 46.5 Å². The molecular formula is C30H39F2N6O8P. The third-order valence-electron chi connectivity index (χ3n) is 7.04. The number of alkyl halides is 2. The molecule has 0 aliphatic carbocycles. The van der Waals surface area contributed by atoms with E-state index >= 15 is 8.78 Å². The van der Waals surface area contributed by atoms with Crippen molar-refractivity contribution in [2.75, 3.05) is 32.7 Å². The van der Waals surface area contributed by atoms with Crippen LogP contribution in [0.25, 0.3) is 21.9 Å². The third-order valence-corrected chi connectivity index (χ3v) is 8.65. The van der Waals surface area contributed by atoms with Crippen molar-refractivity contribution in [3.05, 3.63) is 48.8 Å². The van der Waals surface area contributed by atoms with Crippen LogP contribution in [0.1, 0.15) is 34.6 Å². The number of hydrogen-bond acceptors (Lipinski definition) is 12. The van der Waals surface area contributed by atoms with Crippen molar-refractivity contribution in [2.24, 2.45) is 5.92 Å². The van der Waals surface area contributed by atoms with Gasteiger partial charge >= 0.3 is 13.7 Å². The Morgan fingerprint density at radius 1 is 1.15 bits per heavy atom. The topological polar surface area (TPSA) is 182 Å². The van der Waals surface area contributed by atoms with Gasteiger partial charge in [-0.15, -0.1) is 0 Å². The number of ether oxygens (including phenoxy) is 3. The number of aliphatic hydroxyl groups is 1. The Hall–Kier alpha value is -3.95. The monoisotopic (exact) mass is 680 g/mol. The van der Waals surface area contributed by atoms with Gasteiger partial charge in [0, 0.05) is 12.5 Å². The van der Waals surface area contributed by atoms with Gasteiger partial charge in [0.2, 0.25) is 17.6 Å². The summed E-state index contributed by atoms with van der Waals surface area (Å²) in [5.41, 5.74) is 5.57. The minimum Gasteiger partial charge on any atom is -0.476 e. The molecule has 17 heteroatoms. The van der Waals surface area contributed by atoms with Crippen LogP contribution in [0.15, 0.2) is 48.8 Å². The number of fused-ring (bicyclic) bond motifs is 2. The van der Waals surface area contributed by atoms with Gasteiger partial charge in [0.1, 0.15) is 18.4 Å². The third kappa shape index (κ3) is 7.96. The van der Waals surface area contributed by atoms with E-state index in [0.717, 1.165) is 30.3 Å². The van der Waals surface area contributed by atoms with Crippen LogP contribution in [0.3, 0.4) is 0 Å². The van der Waals surface area contributed by atoms with E-state index in [1.165, 1.54) is 13.0 Å². The Bertz CT molecular complexity index is 1750. The van der Waals surface area contributed by atoms with Gasteiger partial charge in [0.05, 0.1) is 19.5 Å². The summed E-state index contributed by atoms with van der Waals surface area (Å²) in [6.45, 7) is 6.51. The van der Waals surface area contributed by atoms with Crippen molar-refractivity contribution in [2.45, 2.75) is 58.4 Å². The molecule has 2 heterocycles. The normalized spacial score (nSPS) is 17.1. The zero-order chi connectivity index (χ0) is 34.6. The average molecular weight is 681 g/mol. The summed E-state index contributed by atoms with van der Waals surface area (Å²) in [4.78, 5) is 24.7. The summed E-state index contributed by atoms with van der Waals surface area (Å²) in [5, 5.41) is 14.9. The molecule has 4 N–H and O–H groups in total. The summed E-state index contributed by atoms with van der Waals surface area (Å²) in [5.74, 6) is -7.39. The van der Waals surface area contributed by atoms with Crippen molar-refractivity contribution in [3.8, 4) is 11.6 Å². The molecule has 256 valence electrons. The second-order valence-electron chi connectivity index (χ2n) is 11.2. The van der Waals surface area contributed by atoms with Gasteiger partial charge in [-0.3, -0.25) is 13.9 Å². The number of nitrogens with zero attached hydrogens (tertiary/aromatic N) is 4. The number of esters is 1. The van der Waals surface area contributed by atoms with E-state index in [-0.39, 0.29) is 47.9 Å². The first kappa shape index (κ1) is 35.9. The zero-order valence-corrected chi connectivity index (χ0v) is 27.7. The lowest BCUT2D eigenvalue weighted by Gasteiger charge is -2.37. The van der Waals surface area contributed by atoms with Crippen molar-refractivity contribution in [1.82, 2.24) is 24.6 Å². The fraction of sp³-hybridized carbons (Fsp3) is 0.467. The van der Waals surface area contributed by atoms with E-state index in [4.69, 9.17) is 29.0 Å².